The quantitative estimate of drug-likeness (QED) is 0.173. The number of hydrogen-bond donors (Lipinski definition) is 7. The molecule has 18 heteroatoms. The molecule has 3 rings (SSSR count). The first kappa shape index (κ1) is 29.1. The molecule has 1 aromatic carbocycles. The van der Waals surface area contributed by atoms with Gasteiger partial charge < -0.3 is 35.2 Å². The summed E-state index contributed by atoms with van der Waals surface area (Å²) in [5.74, 6) is -0.498. The van der Waals surface area contributed by atoms with Gasteiger partial charge in [0, 0.05) is 24.9 Å². The fourth-order valence-electron chi connectivity index (χ4n) is 3.51. The van der Waals surface area contributed by atoms with Crippen molar-refractivity contribution in [2.24, 2.45) is 0 Å². The van der Waals surface area contributed by atoms with Gasteiger partial charge in [0.05, 0.1) is 19.4 Å². The van der Waals surface area contributed by atoms with Gasteiger partial charge in [-0.05, 0) is 17.2 Å². The molecule has 1 aromatic heterocycles. The first-order valence-corrected chi connectivity index (χ1v) is 13.8. The van der Waals surface area contributed by atoms with Crippen molar-refractivity contribution in [3.8, 4) is 0 Å². The van der Waals surface area contributed by atoms with E-state index in [4.69, 9.17) is 4.74 Å². The van der Waals surface area contributed by atoms with E-state index in [1.165, 1.54) is 25.1 Å². The zero-order valence-corrected chi connectivity index (χ0v) is 21.0. The van der Waals surface area contributed by atoms with Crippen LogP contribution in [0, 0.1) is 0 Å². The fourth-order valence-corrected chi connectivity index (χ4v) is 6.25. The Morgan fingerprint density at radius 3 is 2.51 bits per heavy atom. The number of carbonyl (C=O) groups is 1. The number of nitrogens with zero attached hydrogens (tertiary/aromatic N) is 1. The van der Waals surface area contributed by atoms with E-state index in [1.54, 1.807) is 0 Å². The average Bonchev–Trinajstić information content (AvgIpc) is 3.06. The van der Waals surface area contributed by atoms with Crippen molar-refractivity contribution in [3.63, 3.8) is 0 Å². The van der Waals surface area contributed by atoms with Gasteiger partial charge in [0.25, 0.3) is 5.56 Å². The minimum absolute atomic E-state index is 0.0273. The first-order valence-electron chi connectivity index (χ1n) is 10.5. The number of hydrogen-bond acceptors (Lipinski definition) is 11. The van der Waals surface area contributed by atoms with Gasteiger partial charge in [-0.25, -0.2) is 13.7 Å². The largest absolute Gasteiger partial charge is 0.479 e. The maximum atomic E-state index is 12.6. The molecule has 2 aromatic rings. The van der Waals surface area contributed by atoms with Crippen molar-refractivity contribution in [3.05, 3.63) is 62.4 Å². The molecule has 6 atom stereocenters. The number of benzene rings is 1. The Bertz CT molecular complexity index is 1360. The summed E-state index contributed by atoms with van der Waals surface area (Å²) in [6.07, 6.45) is -6.22. The number of nitrogens with one attached hydrogen (secondary N) is 2. The molecule has 1 aliphatic rings. The Balaban J connectivity index is 1.68. The summed E-state index contributed by atoms with van der Waals surface area (Å²) in [6, 6.07) is 5.08. The Morgan fingerprint density at radius 2 is 1.89 bits per heavy atom. The van der Waals surface area contributed by atoms with Crippen molar-refractivity contribution in [2.75, 3.05) is 11.9 Å². The lowest BCUT2D eigenvalue weighted by Gasteiger charge is -2.20. The highest BCUT2D eigenvalue weighted by Crippen LogP contribution is 2.61. The predicted octanol–water partition coefficient (Wildman–Crippen LogP) is -0.874. The number of ether oxygens (including phenoxy) is 1. The number of amides is 1. The Hall–Kier alpha value is -2.49. The van der Waals surface area contributed by atoms with E-state index >= 15 is 0 Å². The van der Waals surface area contributed by atoms with E-state index < -0.39 is 76.5 Å². The molecule has 1 fully saturated rings. The number of rotatable bonds is 10. The van der Waals surface area contributed by atoms with E-state index in [0.29, 0.717) is 5.56 Å². The van der Waals surface area contributed by atoms with E-state index in [2.05, 4.69) is 14.2 Å². The van der Waals surface area contributed by atoms with Gasteiger partial charge in [0.2, 0.25) is 5.91 Å². The molecule has 1 amide bonds. The number of carbonyl (C=O) groups excluding carboxylic acids is 1. The highest BCUT2D eigenvalue weighted by atomic mass is 31.3. The molecule has 16 nitrogen and oxygen atoms in total. The highest BCUT2D eigenvalue weighted by molar-refractivity contribution is 7.63. The molecule has 1 aliphatic heterocycles. The topological polar surface area (TPSA) is 247 Å². The molecule has 0 saturated carbocycles. The van der Waals surface area contributed by atoms with Crippen LogP contribution in [0.25, 0.3) is 0 Å². The molecule has 0 spiro atoms. The van der Waals surface area contributed by atoms with Crippen molar-refractivity contribution in [2.45, 2.75) is 44.2 Å². The van der Waals surface area contributed by atoms with E-state index in [0.717, 1.165) is 16.8 Å². The third-order valence-corrected chi connectivity index (χ3v) is 8.19. The lowest BCUT2D eigenvalue weighted by Crippen LogP contribution is -2.37. The monoisotopic (exact) mass is 565 g/mol. The molecule has 37 heavy (non-hydrogen) atoms. The summed E-state index contributed by atoms with van der Waals surface area (Å²) in [7, 11) is -10.2. The number of anilines is 1. The second kappa shape index (κ2) is 11.5. The average molecular weight is 565 g/mol. The van der Waals surface area contributed by atoms with Crippen LogP contribution in [0.5, 0.6) is 0 Å². The lowest BCUT2D eigenvalue weighted by atomic mass is 10.1. The van der Waals surface area contributed by atoms with Crippen molar-refractivity contribution >= 4 is 27.0 Å². The molecule has 0 bridgehead atoms. The molecule has 7 N–H and O–H groups in total. The van der Waals surface area contributed by atoms with E-state index in [1.807, 2.05) is 4.98 Å². The zero-order chi connectivity index (χ0) is 27.5. The minimum Gasteiger partial charge on any atom is -0.392 e. The standard InChI is InChI=1S/C19H25N3O13P2/c1-10(24)20-13-3-2-11(7-23)6-12(13)9-36(29,30)35-37(31,32)33-8-14-16(26)17(27)18(34-14)22-5-4-15(25)21-19(22)28/h2-6,14,16-18,23,26-27H,7-9H2,1H3,(H,20,24)(H,29,30)(H,31,32)(H,21,25,28)/t14-,16?,17?,18-/m1/s1. The molecule has 1 saturated heterocycles. The number of aromatic amines is 1. The van der Waals surface area contributed by atoms with Crippen LogP contribution < -0.4 is 16.6 Å². The van der Waals surface area contributed by atoms with Gasteiger partial charge in [-0.2, -0.15) is 0 Å². The van der Waals surface area contributed by atoms with Crippen LogP contribution in [0.2, 0.25) is 0 Å². The summed E-state index contributed by atoms with van der Waals surface area (Å²) in [5, 5.41) is 32.1. The third kappa shape index (κ3) is 7.52. The Kier molecular flexibility index (Phi) is 9.03. The number of phosphoric acid groups is 1. The Labute approximate surface area is 208 Å². The maximum absolute atomic E-state index is 12.6. The molecule has 0 aliphatic carbocycles. The fraction of sp³-hybridized carbons (Fsp3) is 0.421. The molecule has 2 heterocycles. The second-order valence-electron chi connectivity index (χ2n) is 8.04. The number of phosphoric ester groups is 1. The predicted molar refractivity (Wildman–Crippen MR) is 124 cm³/mol. The van der Waals surface area contributed by atoms with Crippen LogP contribution in [-0.2, 0) is 40.3 Å². The Morgan fingerprint density at radius 1 is 1.19 bits per heavy atom. The van der Waals surface area contributed by atoms with Gasteiger partial charge in [0.15, 0.2) is 6.23 Å². The normalized spacial score (nSPS) is 24.8. The maximum Gasteiger partial charge on any atom is 0.479 e. The van der Waals surface area contributed by atoms with Gasteiger partial charge in [0.1, 0.15) is 18.3 Å². The van der Waals surface area contributed by atoms with Crippen LogP contribution in [0.15, 0.2) is 40.1 Å². The van der Waals surface area contributed by atoms with Crippen LogP contribution in [-0.4, -0.2) is 65.5 Å². The van der Waals surface area contributed by atoms with Crippen LogP contribution in [0.4, 0.5) is 5.69 Å². The van der Waals surface area contributed by atoms with Crippen molar-refractivity contribution < 1.29 is 52.6 Å². The summed E-state index contributed by atoms with van der Waals surface area (Å²) < 4.78 is 40.2. The highest BCUT2D eigenvalue weighted by Gasteiger charge is 2.45. The molecule has 0 radical (unpaired) electrons. The van der Waals surface area contributed by atoms with Crippen LogP contribution >= 0.6 is 15.4 Å². The lowest BCUT2D eigenvalue weighted by molar-refractivity contribution is -0.114. The van der Waals surface area contributed by atoms with E-state index in [-0.39, 0.29) is 11.3 Å². The number of aliphatic hydroxyl groups is 3. The number of aliphatic hydroxyl groups excluding tert-OH is 3. The number of aromatic nitrogens is 2. The summed E-state index contributed by atoms with van der Waals surface area (Å²) in [5.41, 5.74) is -1.20. The summed E-state index contributed by atoms with van der Waals surface area (Å²) in [4.78, 5) is 56.7. The zero-order valence-electron chi connectivity index (χ0n) is 19.2. The van der Waals surface area contributed by atoms with Crippen molar-refractivity contribution in [1.29, 1.82) is 0 Å². The van der Waals surface area contributed by atoms with Gasteiger partial charge in [-0.15, -0.1) is 0 Å². The SMILES string of the molecule is CC(=O)Nc1ccc(CO)cc1CP(=O)(O)OP(=O)(O)OC[C@H]1O[C@@H](n2ccc(=O)[nH]c2=O)C(O)C1O. The molecule has 4 unspecified atom stereocenters. The van der Waals surface area contributed by atoms with Gasteiger partial charge >= 0.3 is 21.1 Å². The molecule has 204 valence electrons. The summed E-state index contributed by atoms with van der Waals surface area (Å²) >= 11 is 0. The third-order valence-electron chi connectivity index (χ3n) is 5.13. The van der Waals surface area contributed by atoms with Gasteiger partial charge in [-0.3, -0.25) is 28.2 Å². The smallest absolute Gasteiger partial charge is 0.392 e. The van der Waals surface area contributed by atoms with Gasteiger partial charge in [-0.1, -0.05) is 12.1 Å². The van der Waals surface area contributed by atoms with Crippen molar-refractivity contribution in [1.82, 2.24) is 9.55 Å². The van der Waals surface area contributed by atoms with Crippen LogP contribution in [0.1, 0.15) is 24.3 Å². The number of H-pyrrole nitrogens is 1. The molecular weight excluding hydrogens is 540 g/mol. The second-order valence-corrected chi connectivity index (χ2v) is 11.5. The van der Waals surface area contributed by atoms with E-state index in [9.17, 15) is 48.6 Å². The van der Waals surface area contributed by atoms with Crippen LogP contribution in [0.3, 0.4) is 0 Å². The minimum atomic E-state index is -5.26. The summed E-state index contributed by atoms with van der Waals surface area (Å²) in [6.45, 7) is -0.131. The first-order chi connectivity index (χ1) is 17.2. The molecular formula is C19H25N3O13P2.